The van der Waals surface area contributed by atoms with Crippen LogP contribution in [0.2, 0.25) is 0 Å². The van der Waals surface area contributed by atoms with Gasteiger partial charge >= 0.3 is 5.97 Å². The molecule has 2 atom stereocenters. The van der Waals surface area contributed by atoms with Gasteiger partial charge in [-0.2, -0.15) is 0 Å². The molecule has 19 heavy (non-hydrogen) atoms. The molecule has 1 amide bonds. The van der Waals surface area contributed by atoms with Crippen molar-refractivity contribution in [2.75, 3.05) is 0 Å². The summed E-state index contributed by atoms with van der Waals surface area (Å²) in [5, 5.41) is 12.0. The van der Waals surface area contributed by atoms with Crippen molar-refractivity contribution in [3.05, 3.63) is 35.9 Å². The summed E-state index contributed by atoms with van der Waals surface area (Å²) in [7, 11) is 0. The van der Waals surface area contributed by atoms with E-state index < -0.39 is 11.9 Å². The highest BCUT2D eigenvalue weighted by molar-refractivity contribution is 5.84. The van der Waals surface area contributed by atoms with Crippen LogP contribution < -0.4 is 5.32 Å². The number of rotatable bonds is 4. The molecule has 0 heterocycles. The topological polar surface area (TPSA) is 66.4 Å². The first-order valence-corrected chi connectivity index (χ1v) is 6.73. The summed E-state index contributed by atoms with van der Waals surface area (Å²) in [5.41, 5.74) is 1.03. The fraction of sp³-hybridized carbons (Fsp3) is 0.467. The maximum absolute atomic E-state index is 12.1. The molecule has 4 nitrogen and oxygen atoms in total. The van der Waals surface area contributed by atoms with Gasteiger partial charge in [-0.25, -0.2) is 0 Å². The Morgan fingerprint density at radius 3 is 2.37 bits per heavy atom. The lowest BCUT2D eigenvalue weighted by Gasteiger charge is -2.27. The Bertz CT molecular complexity index is 444. The van der Waals surface area contributed by atoms with Gasteiger partial charge in [-0.15, -0.1) is 0 Å². The third-order valence-corrected chi connectivity index (χ3v) is 3.73. The Morgan fingerprint density at radius 1 is 1.11 bits per heavy atom. The molecule has 4 heteroatoms. The monoisotopic (exact) mass is 261 g/mol. The van der Waals surface area contributed by atoms with Crippen molar-refractivity contribution >= 4 is 11.9 Å². The lowest BCUT2D eigenvalue weighted by atomic mass is 9.78. The fourth-order valence-corrected chi connectivity index (χ4v) is 2.66. The first kappa shape index (κ1) is 13.6. The van der Waals surface area contributed by atoms with Crippen LogP contribution in [-0.2, 0) is 16.1 Å². The van der Waals surface area contributed by atoms with Crippen LogP contribution in [-0.4, -0.2) is 17.0 Å². The summed E-state index contributed by atoms with van der Waals surface area (Å²) in [6, 6.07) is 9.64. The third kappa shape index (κ3) is 3.56. The largest absolute Gasteiger partial charge is 0.481 e. The van der Waals surface area contributed by atoms with Gasteiger partial charge in [0.2, 0.25) is 5.91 Å². The first-order chi connectivity index (χ1) is 9.18. The number of carbonyl (C=O) groups excluding carboxylic acids is 1. The molecule has 1 aliphatic rings. The van der Waals surface area contributed by atoms with E-state index in [4.69, 9.17) is 5.11 Å². The number of carboxylic acid groups (broad SMARTS) is 1. The van der Waals surface area contributed by atoms with Crippen molar-refractivity contribution < 1.29 is 14.7 Å². The lowest BCUT2D eigenvalue weighted by molar-refractivity contribution is -0.148. The number of benzene rings is 1. The average Bonchev–Trinajstić information content (AvgIpc) is 2.46. The maximum Gasteiger partial charge on any atom is 0.307 e. The standard InChI is InChI=1S/C15H19NO3/c17-14(16-10-11-6-2-1-3-7-11)12-8-4-5-9-13(12)15(18)19/h1-3,6-7,12-13H,4-5,8-10H2,(H,16,17)(H,18,19)/t12?,13-/m0/s1. The van der Waals surface area contributed by atoms with E-state index in [-0.39, 0.29) is 11.8 Å². The molecule has 1 saturated carbocycles. The fourth-order valence-electron chi connectivity index (χ4n) is 2.66. The highest BCUT2D eigenvalue weighted by Gasteiger charge is 2.35. The van der Waals surface area contributed by atoms with E-state index in [1.807, 2.05) is 30.3 Å². The third-order valence-electron chi connectivity index (χ3n) is 3.73. The predicted octanol–water partition coefficient (Wildman–Crippen LogP) is 2.19. The van der Waals surface area contributed by atoms with Crippen LogP contribution in [0.15, 0.2) is 30.3 Å². The van der Waals surface area contributed by atoms with Gasteiger partial charge in [0.25, 0.3) is 0 Å². The number of hydrogen-bond acceptors (Lipinski definition) is 2. The quantitative estimate of drug-likeness (QED) is 0.873. The number of amides is 1. The van der Waals surface area contributed by atoms with E-state index >= 15 is 0 Å². The zero-order chi connectivity index (χ0) is 13.7. The summed E-state index contributed by atoms with van der Waals surface area (Å²) in [6.45, 7) is 0.461. The van der Waals surface area contributed by atoms with Crippen LogP contribution >= 0.6 is 0 Å². The van der Waals surface area contributed by atoms with Crippen molar-refractivity contribution in [1.29, 1.82) is 0 Å². The molecule has 1 aromatic carbocycles. The van der Waals surface area contributed by atoms with Gasteiger partial charge in [-0.3, -0.25) is 9.59 Å². The number of aliphatic carboxylic acids is 1. The van der Waals surface area contributed by atoms with Crippen LogP contribution in [0.5, 0.6) is 0 Å². The Kier molecular flexibility index (Phi) is 4.55. The second-order valence-corrected chi connectivity index (χ2v) is 5.04. The Labute approximate surface area is 112 Å². The molecule has 2 N–H and O–H groups in total. The second kappa shape index (κ2) is 6.36. The molecular formula is C15H19NO3. The van der Waals surface area contributed by atoms with Crippen LogP contribution in [0, 0.1) is 11.8 Å². The van der Waals surface area contributed by atoms with Gasteiger partial charge in [0.05, 0.1) is 11.8 Å². The molecular weight excluding hydrogens is 242 g/mol. The Balaban J connectivity index is 1.93. The van der Waals surface area contributed by atoms with Crippen molar-refractivity contribution in [1.82, 2.24) is 5.32 Å². The van der Waals surface area contributed by atoms with E-state index in [1.54, 1.807) is 0 Å². The van der Waals surface area contributed by atoms with Crippen LogP contribution in [0.1, 0.15) is 31.2 Å². The van der Waals surface area contributed by atoms with E-state index in [1.165, 1.54) is 0 Å². The highest BCUT2D eigenvalue weighted by Crippen LogP contribution is 2.30. The van der Waals surface area contributed by atoms with E-state index in [0.717, 1.165) is 18.4 Å². The smallest absolute Gasteiger partial charge is 0.307 e. The summed E-state index contributed by atoms with van der Waals surface area (Å²) < 4.78 is 0. The molecule has 0 saturated heterocycles. The molecule has 0 spiro atoms. The lowest BCUT2D eigenvalue weighted by Crippen LogP contribution is -2.39. The zero-order valence-electron chi connectivity index (χ0n) is 10.8. The molecule has 0 radical (unpaired) electrons. The van der Waals surface area contributed by atoms with Crippen LogP contribution in [0.4, 0.5) is 0 Å². The first-order valence-electron chi connectivity index (χ1n) is 6.73. The molecule has 0 aromatic heterocycles. The number of carbonyl (C=O) groups is 2. The minimum Gasteiger partial charge on any atom is -0.481 e. The summed E-state index contributed by atoms with van der Waals surface area (Å²) >= 11 is 0. The van der Waals surface area contributed by atoms with Gasteiger partial charge in [0.1, 0.15) is 0 Å². The highest BCUT2D eigenvalue weighted by atomic mass is 16.4. The molecule has 102 valence electrons. The number of nitrogens with one attached hydrogen (secondary N) is 1. The second-order valence-electron chi connectivity index (χ2n) is 5.04. The maximum atomic E-state index is 12.1. The van der Waals surface area contributed by atoms with Gasteiger partial charge < -0.3 is 10.4 Å². The van der Waals surface area contributed by atoms with Crippen molar-refractivity contribution in [2.24, 2.45) is 11.8 Å². The van der Waals surface area contributed by atoms with Crippen molar-refractivity contribution in [3.63, 3.8) is 0 Å². The Hall–Kier alpha value is -1.84. The normalized spacial score (nSPS) is 22.7. The number of hydrogen-bond donors (Lipinski definition) is 2. The van der Waals surface area contributed by atoms with Crippen LogP contribution in [0.3, 0.4) is 0 Å². The van der Waals surface area contributed by atoms with Gasteiger partial charge in [0.15, 0.2) is 0 Å². The average molecular weight is 261 g/mol. The van der Waals surface area contributed by atoms with E-state index in [0.29, 0.717) is 19.4 Å². The summed E-state index contributed by atoms with van der Waals surface area (Å²) in [5.74, 6) is -1.88. The molecule has 2 rings (SSSR count). The molecule has 0 aliphatic heterocycles. The van der Waals surface area contributed by atoms with Gasteiger partial charge in [0, 0.05) is 6.54 Å². The molecule has 0 bridgehead atoms. The molecule has 1 fully saturated rings. The van der Waals surface area contributed by atoms with Crippen molar-refractivity contribution in [3.8, 4) is 0 Å². The van der Waals surface area contributed by atoms with E-state index in [2.05, 4.69) is 5.32 Å². The number of carboxylic acids is 1. The molecule has 1 unspecified atom stereocenters. The Morgan fingerprint density at radius 2 is 1.74 bits per heavy atom. The molecule has 1 aromatic rings. The summed E-state index contributed by atoms with van der Waals surface area (Å²) in [4.78, 5) is 23.3. The van der Waals surface area contributed by atoms with Crippen LogP contribution in [0.25, 0.3) is 0 Å². The minimum absolute atomic E-state index is 0.129. The SMILES string of the molecule is O=C(NCc1ccccc1)C1CCCC[C@@H]1C(=O)O. The summed E-state index contributed by atoms with van der Waals surface area (Å²) in [6.07, 6.45) is 3.13. The zero-order valence-corrected chi connectivity index (χ0v) is 10.8. The van der Waals surface area contributed by atoms with Gasteiger partial charge in [-0.1, -0.05) is 43.2 Å². The minimum atomic E-state index is -0.848. The molecule has 1 aliphatic carbocycles. The van der Waals surface area contributed by atoms with Crippen molar-refractivity contribution in [2.45, 2.75) is 32.2 Å². The predicted molar refractivity (Wildman–Crippen MR) is 71.4 cm³/mol. The van der Waals surface area contributed by atoms with E-state index in [9.17, 15) is 9.59 Å². The van der Waals surface area contributed by atoms with Gasteiger partial charge in [-0.05, 0) is 18.4 Å².